The third-order valence-electron chi connectivity index (χ3n) is 2.85. The van der Waals surface area contributed by atoms with E-state index in [0.29, 0.717) is 18.8 Å². The number of nitrogens with zero attached hydrogens (tertiary/aromatic N) is 1. The molecule has 0 saturated heterocycles. The Morgan fingerprint density at radius 1 is 1.28 bits per heavy atom. The van der Waals surface area contributed by atoms with Crippen molar-refractivity contribution in [2.24, 2.45) is 5.73 Å². The van der Waals surface area contributed by atoms with Crippen LogP contribution in [0.25, 0.3) is 0 Å². The van der Waals surface area contributed by atoms with Crippen molar-refractivity contribution in [1.82, 2.24) is 0 Å². The fraction of sp³-hybridized carbons (Fsp3) is 0.286. The van der Waals surface area contributed by atoms with Gasteiger partial charge in [-0.25, -0.2) is 4.39 Å². The minimum absolute atomic E-state index is 0.260. The van der Waals surface area contributed by atoms with Gasteiger partial charge in [-0.05, 0) is 36.8 Å². The first kappa shape index (κ1) is 12.6. The summed E-state index contributed by atoms with van der Waals surface area (Å²) in [6, 6.07) is 8.85. The van der Waals surface area contributed by atoms with E-state index >= 15 is 0 Å². The first-order valence-corrected chi connectivity index (χ1v) is 5.85. The van der Waals surface area contributed by atoms with Gasteiger partial charge in [0.2, 0.25) is 0 Å². The highest BCUT2D eigenvalue weighted by atomic mass is 19.1. The lowest BCUT2D eigenvalue weighted by Crippen LogP contribution is -2.17. The third-order valence-corrected chi connectivity index (χ3v) is 2.85. The van der Waals surface area contributed by atoms with Crippen LogP contribution in [0.1, 0.15) is 17.1 Å². The van der Waals surface area contributed by atoms with E-state index < -0.39 is 0 Å². The van der Waals surface area contributed by atoms with Crippen molar-refractivity contribution in [1.29, 1.82) is 0 Å². The molecule has 1 aromatic heterocycles. The number of aryl methyl sites for hydroxylation is 1. The van der Waals surface area contributed by atoms with Gasteiger partial charge in [-0.15, -0.1) is 0 Å². The number of benzene rings is 1. The van der Waals surface area contributed by atoms with Crippen LogP contribution in [0.3, 0.4) is 0 Å². The van der Waals surface area contributed by atoms with Crippen LogP contribution in [0.15, 0.2) is 34.7 Å². The Hall–Kier alpha value is -1.81. The fourth-order valence-corrected chi connectivity index (χ4v) is 1.88. The lowest BCUT2D eigenvalue weighted by Gasteiger charge is -2.19. The third kappa shape index (κ3) is 2.71. The molecule has 2 aromatic rings. The number of anilines is 1. The molecule has 0 fully saturated rings. The number of hydrogen-bond acceptors (Lipinski definition) is 3. The number of nitrogens with two attached hydrogens (primary N) is 1. The molecule has 2 rings (SSSR count). The molecule has 0 amide bonds. The maximum Gasteiger partial charge on any atom is 0.146 e. The molecule has 0 atom stereocenters. The summed E-state index contributed by atoms with van der Waals surface area (Å²) in [5.41, 5.74) is 6.81. The Bertz CT molecular complexity index is 536. The number of furan rings is 1. The van der Waals surface area contributed by atoms with Gasteiger partial charge in [0.25, 0.3) is 0 Å². The van der Waals surface area contributed by atoms with Crippen molar-refractivity contribution in [3.63, 3.8) is 0 Å². The number of rotatable bonds is 4. The quantitative estimate of drug-likeness (QED) is 0.904. The smallest absolute Gasteiger partial charge is 0.146 e. The second-order valence-electron chi connectivity index (χ2n) is 4.36. The SMILES string of the molecule is Cc1ccc(CN(C)c2ccc(CN)cc2F)o1. The van der Waals surface area contributed by atoms with Gasteiger partial charge in [0.05, 0.1) is 12.2 Å². The summed E-state index contributed by atoms with van der Waals surface area (Å²) < 4.78 is 19.3. The molecule has 0 aliphatic heterocycles. The van der Waals surface area contributed by atoms with Crippen LogP contribution in [-0.4, -0.2) is 7.05 Å². The Morgan fingerprint density at radius 3 is 2.61 bits per heavy atom. The standard InChI is InChI=1S/C14H17FN2O/c1-10-3-5-12(18-10)9-17(2)14-6-4-11(8-16)7-13(14)15/h3-7H,8-9,16H2,1-2H3. The summed E-state index contributed by atoms with van der Waals surface area (Å²) >= 11 is 0. The molecular formula is C14H17FN2O. The van der Waals surface area contributed by atoms with Crippen LogP contribution in [0, 0.1) is 12.7 Å². The summed E-state index contributed by atoms with van der Waals surface area (Å²) in [6.45, 7) is 2.77. The summed E-state index contributed by atoms with van der Waals surface area (Å²) in [5.74, 6) is 1.42. The lowest BCUT2D eigenvalue weighted by atomic mass is 10.2. The van der Waals surface area contributed by atoms with E-state index in [1.54, 1.807) is 6.07 Å². The maximum absolute atomic E-state index is 13.9. The zero-order valence-electron chi connectivity index (χ0n) is 10.6. The predicted octanol–water partition coefficient (Wildman–Crippen LogP) is 2.82. The molecule has 18 heavy (non-hydrogen) atoms. The Kier molecular flexibility index (Phi) is 3.67. The summed E-state index contributed by atoms with van der Waals surface area (Å²) in [6.07, 6.45) is 0. The van der Waals surface area contributed by atoms with Crippen LogP contribution in [0.5, 0.6) is 0 Å². The molecule has 1 aromatic carbocycles. The molecule has 1 heterocycles. The summed E-state index contributed by atoms with van der Waals surface area (Å²) in [4.78, 5) is 1.81. The van der Waals surface area contributed by atoms with E-state index in [1.807, 2.05) is 37.1 Å². The van der Waals surface area contributed by atoms with E-state index in [-0.39, 0.29) is 5.82 Å². The highest BCUT2D eigenvalue weighted by Gasteiger charge is 2.10. The molecule has 4 heteroatoms. The molecule has 0 spiro atoms. The van der Waals surface area contributed by atoms with Crippen LogP contribution in [0.4, 0.5) is 10.1 Å². The highest BCUT2D eigenvalue weighted by molar-refractivity contribution is 5.48. The molecule has 96 valence electrons. The van der Waals surface area contributed by atoms with Gasteiger partial charge in [-0.3, -0.25) is 0 Å². The monoisotopic (exact) mass is 248 g/mol. The molecule has 0 saturated carbocycles. The zero-order chi connectivity index (χ0) is 13.1. The van der Waals surface area contributed by atoms with Gasteiger partial charge in [-0.1, -0.05) is 6.07 Å². The zero-order valence-corrected chi connectivity index (χ0v) is 10.6. The largest absolute Gasteiger partial charge is 0.464 e. The summed E-state index contributed by atoms with van der Waals surface area (Å²) in [5, 5.41) is 0. The van der Waals surface area contributed by atoms with Crippen molar-refractivity contribution >= 4 is 5.69 Å². The van der Waals surface area contributed by atoms with E-state index in [4.69, 9.17) is 10.2 Å². The van der Waals surface area contributed by atoms with Gasteiger partial charge in [-0.2, -0.15) is 0 Å². The van der Waals surface area contributed by atoms with Gasteiger partial charge >= 0.3 is 0 Å². The van der Waals surface area contributed by atoms with Gasteiger partial charge in [0, 0.05) is 13.6 Å². The molecule has 0 unspecified atom stereocenters. The van der Waals surface area contributed by atoms with Crippen LogP contribution >= 0.6 is 0 Å². The van der Waals surface area contributed by atoms with Gasteiger partial charge in [0.1, 0.15) is 17.3 Å². The first-order valence-electron chi connectivity index (χ1n) is 5.85. The van der Waals surface area contributed by atoms with E-state index in [0.717, 1.165) is 17.1 Å². The van der Waals surface area contributed by atoms with Crippen molar-refractivity contribution in [2.75, 3.05) is 11.9 Å². The number of hydrogen-bond donors (Lipinski definition) is 1. The van der Waals surface area contributed by atoms with Gasteiger partial charge < -0.3 is 15.1 Å². The minimum atomic E-state index is -0.260. The Morgan fingerprint density at radius 2 is 2.06 bits per heavy atom. The molecule has 0 aliphatic carbocycles. The Balaban J connectivity index is 2.15. The van der Waals surface area contributed by atoms with Gasteiger partial charge in [0.15, 0.2) is 0 Å². The molecule has 3 nitrogen and oxygen atoms in total. The first-order chi connectivity index (χ1) is 8.60. The fourth-order valence-electron chi connectivity index (χ4n) is 1.88. The lowest BCUT2D eigenvalue weighted by molar-refractivity contribution is 0.480. The molecule has 0 aliphatic rings. The van der Waals surface area contributed by atoms with E-state index in [2.05, 4.69) is 0 Å². The average molecular weight is 248 g/mol. The molecule has 0 bridgehead atoms. The predicted molar refractivity (Wildman–Crippen MR) is 69.8 cm³/mol. The summed E-state index contributed by atoms with van der Waals surface area (Å²) in [7, 11) is 1.83. The second kappa shape index (κ2) is 5.23. The van der Waals surface area contributed by atoms with E-state index in [1.165, 1.54) is 6.07 Å². The van der Waals surface area contributed by atoms with Crippen LogP contribution in [-0.2, 0) is 13.1 Å². The van der Waals surface area contributed by atoms with Crippen molar-refractivity contribution in [2.45, 2.75) is 20.0 Å². The van der Waals surface area contributed by atoms with Crippen molar-refractivity contribution in [3.8, 4) is 0 Å². The minimum Gasteiger partial charge on any atom is -0.464 e. The average Bonchev–Trinajstić information content (AvgIpc) is 2.74. The second-order valence-corrected chi connectivity index (χ2v) is 4.36. The molecule has 0 radical (unpaired) electrons. The van der Waals surface area contributed by atoms with Crippen molar-refractivity contribution in [3.05, 3.63) is 53.2 Å². The molecule has 2 N–H and O–H groups in total. The number of halogens is 1. The van der Waals surface area contributed by atoms with E-state index in [9.17, 15) is 4.39 Å². The molecular weight excluding hydrogens is 231 g/mol. The van der Waals surface area contributed by atoms with Crippen LogP contribution < -0.4 is 10.6 Å². The topological polar surface area (TPSA) is 42.4 Å². The van der Waals surface area contributed by atoms with Crippen LogP contribution in [0.2, 0.25) is 0 Å². The normalized spacial score (nSPS) is 10.7. The Labute approximate surface area is 106 Å². The maximum atomic E-state index is 13.9. The highest BCUT2D eigenvalue weighted by Crippen LogP contribution is 2.21. The van der Waals surface area contributed by atoms with Crippen molar-refractivity contribution < 1.29 is 8.81 Å².